The minimum Gasteiger partial charge on any atom is -0.369 e. The van der Waals surface area contributed by atoms with Crippen molar-refractivity contribution in [3.8, 4) is 6.07 Å². The molecule has 0 saturated carbocycles. The molecule has 0 aromatic heterocycles. The summed E-state index contributed by atoms with van der Waals surface area (Å²) in [5.41, 5.74) is 10.3. The Kier molecular flexibility index (Phi) is 2.92. The molecule has 0 bridgehead atoms. The number of rotatable bonds is 2. The zero-order chi connectivity index (χ0) is 11.5. The van der Waals surface area contributed by atoms with Crippen LogP contribution in [0.5, 0.6) is 0 Å². The van der Waals surface area contributed by atoms with Gasteiger partial charge in [-0.2, -0.15) is 13.7 Å². The standard InChI is InChI=1S/C8H8N4O2S/c9-5-6-1-3-7(4-2-6)15(13,14)12-8(10)11/h1-4H,(H4,10,11,12). The van der Waals surface area contributed by atoms with E-state index in [-0.39, 0.29) is 4.90 Å². The molecular formula is C8H8N4O2S. The van der Waals surface area contributed by atoms with Crippen molar-refractivity contribution in [3.63, 3.8) is 0 Å². The molecular weight excluding hydrogens is 216 g/mol. The zero-order valence-corrected chi connectivity index (χ0v) is 8.40. The summed E-state index contributed by atoms with van der Waals surface area (Å²) in [6, 6.07) is 7.14. The highest BCUT2D eigenvalue weighted by Gasteiger charge is 2.12. The molecule has 0 unspecified atom stereocenters. The lowest BCUT2D eigenvalue weighted by atomic mass is 10.2. The third-order valence-corrected chi connectivity index (χ3v) is 2.83. The van der Waals surface area contributed by atoms with Crippen LogP contribution in [0.2, 0.25) is 0 Å². The van der Waals surface area contributed by atoms with Crippen LogP contribution in [0.4, 0.5) is 0 Å². The lowest BCUT2D eigenvalue weighted by molar-refractivity contribution is 0.598. The smallest absolute Gasteiger partial charge is 0.285 e. The Morgan fingerprint density at radius 2 is 1.80 bits per heavy atom. The van der Waals surface area contributed by atoms with Gasteiger partial charge in [-0.15, -0.1) is 4.40 Å². The van der Waals surface area contributed by atoms with Crippen LogP contribution in [0.3, 0.4) is 0 Å². The highest BCUT2D eigenvalue weighted by atomic mass is 32.2. The molecule has 78 valence electrons. The Morgan fingerprint density at radius 1 is 1.27 bits per heavy atom. The van der Waals surface area contributed by atoms with Gasteiger partial charge in [-0.3, -0.25) is 0 Å². The van der Waals surface area contributed by atoms with Crippen LogP contribution in [0.25, 0.3) is 0 Å². The first-order valence-electron chi connectivity index (χ1n) is 3.82. The van der Waals surface area contributed by atoms with Crippen molar-refractivity contribution in [2.45, 2.75) is 4.90 Å². The Hall–Kier alpha value is -2.07. The normalized spacial score (nSPS) is 10.3. The first-order chi connectivity index (χ1) is 6.95. The van der Waals surface area contributed by atoms with E-state index >= 15 is 0 Å². The predicted molar refractivity (Wildman–Crippen MR) is 54.2 cm³/mol. The van der Waals surface area contributed by atoms with Crippen molar-refractivity contribution in [1.29, 1.82) is 5.26 Å². The monoisotopic (exact) mass is 224 g/mol. The van der Waals surface area contributed by atoms with Crippen molar-refractivity contribution in [1.82, 2.24) is 0 Å². The molecule has 1 aromatic carbocycles. The first-order valence-corrected chi connectivity index (χ1v) is 5.26. The number of hydrogen-bond acceptors (Lipinski definition) is 3. The lowest BCUT2D eigenvalue weighted by Gasteiger charge is -1.98. The average Bonchev–Trinajstić information content (AvgIpc) is 2.16. The third-order valence-electron chi connectivity index (χ3n) is 1.51. The Bertz CT molecular complexity index is 521. The largest absolute Gasteiger partial charge is 0.369 e. The second kappa shape index (κ2) is 3.98. The average molecular weight is 224 g/mol. The minimum absolute atomic E-state index is 0.0603. The molecule has 0 atom stereocenters. The summed E-state index contributed by atoms with van der Waals surface area (Å²) >= 11 is 0. The predicted octanol–water partition coefficient (Wildman–Crippen LogP) is -0.480. The van der Waals surface area contributed by atoms with E-state index in [2.05, 4.69) is 4.40 Å². The Morgan fingerprint density at radius 3 is 2.20 bits per heavy atom. The SMILES string of the molecule is N#Cc1ccc(S(=O)(=O)N=C(N)N)cc1. The van der Waals surface area contributed by atoms with Crippen LogP contribution in [0.15, 0.2) is 33.6 Å². The quantitative estimate of drug-likeness (QED) is 0.519. The maximum absolute atomic E-state index is 11.4. The number of benzene rings is 1. The summed E-state index contributed by atoms with van der Waals surface area (Å²) in [4.78, 5) is -0.0603. The Labute approximate surface area is 86.9 Å². The maximum Gasteiger partial charge on any atom is 0.285 e. The van der Waals surface area contributed by atoms with Crippen LogP contribution >= 0.6 is 0 Å². The molecule has 0 saturated heterocycles. The molecule has 0 amide bonds. The molecule has 7 heteroatoms. The van der Waals surface area contributed by atoms with Gasteiger partial charge in [-0.1, -0.05) is 0 Å². The minimum atomic E-state index is -3.86. The van der Waals surface area contributed by atoms with E-state index in [1.807, 2.05) is 6.07 Å². The van der Waals surface area contributed by atoms with E-state index in [1.54, 1.807) is 0 Å². The van der Waals surface area contributed by atoms with E-state index in [4.69, 9.17) is 16.7 Å². The molecule has 0 aliphatic rings. The van der Waals surface area contributed by atoms with Crippen LogP contribution < -0.4 is 11.5 Å². The lowest BCUT2D eigenvalue weighted by Crippen LogP contribution is -2.24. The maximum atomic E-state index is 11.4. The summed E-state index contributed by atoms with van der Waals surface area (Å²) in [6.45, 7) is 0. The van der Waals surface area contributed by atoms with Gasteiger partial charge in [0, 0.05) is 0 Å². The number of nitrogens with two attached hydrogens (primary N) is 2. The van der Waals surface area contributed by atoms with Crippen LogP contribution in [0, 0.1) is 11.3 Å². The van der Waals surface area contributed by atoms with Gasteiger partial charge in [0.25, 0.3) is 10.0 Å². The molecule has 0 heterocycles. The molecule has 4 N–H and O–H groups in total. The fraction of sp³-hybridized carbons (Fsp3) is 0. The molecule has 15 heavy (non-hydrogen) atoms. The van der Waals surface area contributed by atoms with Gasteiger partial charge in [-0.05, 0) is 24.3 Å². The number of nitrogens with zero attached hydrogens (tertiary/aromatic N) is 2. The highest BCUT2D eigenvalue weighted by Crippen LogP contribution is 2.12. The van der Waals surface area contributed by atoms with Gasteiger partial charge >= 0.3 is 0 Å². The van der Waals surface area contributed by atoms with Crippen molar-refractivity contribution in [2.75, 3.05) is 0 Å². The van der Waals surface area contributed by atoms with Crippen LogP contribution in [0.1, 0.15) is 5.56 Å². The second-order valence-electron chi connectivity index (χ2n) is 2.63. The van der Waals surface area contributed by atoms with Crippen molar-refractivity contribution in [3.05, 3.63) is 29.8 Å². The molecule has 1 rings (SSSR count). The van der Waals surface area contributed by atoms with Crippen LogP contribution in [-0.2, 0) is 10.0 Å². The first kappa shape index (κ1) is 11.0. The van der Waals surface area contributed by atoms with Crippen LogP contribution in [-0.4, -0.2) is 14.4 Å². The van der Waals surface area contributed by atoms with Gasteiger partial charge in [0.1, 0.15) is 0 Å². The van der Waals surface area contributed by atoms with Gasteiger partial charge in [0.2, 0.25) is 5.96 Å². The van der Waals surface area contributed by atoms with E-state index in [1.165, 1.54) is 24.3 Å². The highest BCUT2D eigenvalue weighted by molar-refractivity contribution is 7.90. The summed E-state index contributed by atoms with van der Waals surface area (Å²) < 4.78 is 25.9. The van der Waals surface area contributed by atoms with E-state index in [0.29, 0.717) is 5.56 Å². The molecule has 0 aliphatic carbocycles. The summed E-state index contributed by atoms with van der Waals surface area (Å²) in [5, 5.41) is 8.51. The van der Waals surface area contributed by atoms with Crippen molar-refractivity contribution < 1.29 is 8.42 Å². The van der Waals surface area contributed by atoms with Crippen molar-refractivity contribution >= 4 is 16.0 Å². The van der Waals surface area contributed by atoms with Gasteiger partial charge in [-0.25, -0.2) is 0 Å². The topological polar surface area (TPSA) is 122 Å². The number of hydrogen-bond donors (Lipinski definition) is 2. The fourth-order valence-electron chi connectivity index (χ4n) is 0.893. The Balaban J connectivity index is 3.19. The fourth-order valence-corrected chi connectivity index (χ4v) is 1.76. The van der Waals surface area contributed by atoms with Crippen molar-refractivity contribution in [2.24, 2.45) is 15.9 Å². The molecule has 0 radical (unpaired) electrons. The number of guanidine groups is 1. The van der Waals surface area contributed by atoms with Gasteiger partial charge in [0.15, 0.2) is 0 Å². The summed E-state index contributed by atoms with van der Waals surface area (Å²) in [5.74, 6) is -0.528. The molecule has 1 aromatic rings. The summed E-state index contributed by atoms with van der Waals surface area (Å²) in [6.07, 6.45) is 0. The van der Waals surface area contributed by atoms with Gasteiger partial charge < -0.3 is 11.5 Å². The van der Waals surface area contributed by atoms with Gasteiger partial charge in [0.05, 0.1) is 16.5 Å². The number of sulfonamides is 1. The second-order valence-corrected chi connectivity index (χ2v) is 4.23. The number of nitriles is 1. The molecule has 6 nitrogen and oxygen atoms in total. The third kappa shape index (κ3) is 2.69. The van der Waals surface area contributed by atoms with E-state index < -0.39 is 16.0 Å². The molecule has 0 aliphatic heterocycles. The molecule has 0 spiro atoms. The van der Waals surface area contributed by atoms with E-state index in [9.17, 15) is 8.42 Å². The summed E-state index contributed by atoms with van der Waals surface area (Å²) in [7, 11) is -3.86. The zero-order valence-electron chi connectivity index (χ0n) is 7.58. The molecule has 0 fully saturated rings. The van der Waals surface area contributed by atoms with E-state index in [0.717, 1.165) is 0 Å².